The minimum absolute atomic E-state index is 0.0205. The molecule has 1 amide bonds. The maximum atomic E-state index is 14.2. The summed E-state index contributed by atoms with van der Waals surface area (Å²) >= 11 is 0. The van der Waals surface area contributed by atoms with E-state index in [-0.39, 0.29) is 23.7 Å². The molecular formula is C35H49N3O5. The molecule has 0 radical (unpaired) electrons. The van der Waals surface area contributed by atoms with Crippen LogP contribution in [0.5, 0.6) is 11.6 Å². The van der Waals surface area contributed by atoms with E-state index in [1.807, 2.05) is 30.3 Å². The fraction of sp³-hybridized carbons (Fsp3) is 0.629. The number of carboxylic acids is 1. The topological polar surface area (TPSA) is 92.2 Å². The maximum absolute atomic E-state index is 14.2. The number of pyridine rings is 1. The van der Waals surface area contributed by atoms with Gasteiger partial charge in [0.25, 0.3) is 5.91 Å². The Balaban J connectivity index is 1.24. The summed E-state index contributed by atoms with van der Waals surface area (Å²) in [5, 5.41) is 9.39. The Morgan fingerprint density at radius 1 is 1.05 bits per heavy atom. The third kappa shape index (κ3) is 8.21. The first-order chi connectivity index (χ1) is 20.6. The van der Waals surface area contributed by atoms with Crippen molar-refractivity contribution >= 4 is 17.6 Å². The Hall–Kier alpha value is -3.29. The van der Waals surface area contributed by atoms with Crippen molar-refractivity contribution in [3.8, 4) is 11.6 Å². The highest BCUT2D eigenvalue weighted by Crippen LogP contribution is 2.45. The number of ether oxygens (including phenoxy) is 2. The van der Waals surface area contributed by atoms with E-state index < -0.39 is 5.97 Å². The zero-order chi connectivity index (χ0) is 30.6. The number of carboxylic acid groups (broad SMARTS) is 1. The second-order valence-corrected chi connectivity index (χ2v) is 14.0. The summed E-state index contributed by atoms with van der Waals surface area (Å²) in [7, 11) is 1.67. The minimum Gasteiger partial charge on any atom is -0.497 e. The van der Waals surface area contributed by atoms with E-state index in [0.29, 0.717) is 30.4 Å². The summed E-state index contributed by atoms with van der Waals surface area (Å²) in [4.78, 5) is 34.5. The van der Waals surface area contributed by atoms with Crippen molar-refractivity contribution in [1.82, 2.24) is 9.88 Å². The number of nitrogens with zero attached hydrogens (tertiary/aromatic N) is 3. The van der Waals surface area contributed by atoms with Gasteiger partial charge in [0.2, 0.25) is 5.88 Å². The Bertz CT molecular complexity index is 1260. The molecule has 0 bridgehead atoms. The summed E-state index contributed by atoms with van der Waals surface area (Å²) in [5.74, 6) is 1.55. The molecule has 3 aliphatic rings. The van der Waals surface area contributed by atoms with E-state index in [1.165, 1.54) is 12.8 Å². The number of benzene rings is 1. The molecule has 1 aromatic carbocycles. The van der Waals surface area contributed by atoms with E-state index >= 15 is 0 Å². The van der Waals surface area contributed by atoms with Gasteiger partial charge >= 0.3 is 5.97 Å². The number of anilines is 1. The molecule has 1 N–H and O–H groups in total. The fourth-order valence-corrected chi connectivity index (χ4v) is 6.85. The van der Waals surface area contributed by atoms with Crippen LogP contribution in [0.2, 0.25) is 0 Å². The van der Waals surface area contributed by atoms with Crippen molar-refractivity contribution < 1.29 is 24.2 Å². The summed E-state index contributed by atoms with van der Waals surface area (Å²) in [6, 6.07) is 10.1. The summed E-state index contributed by atoms with van der Waals surface area (Å²) in [5.41, 5.74) is 2.75. The van der Waals surface area contributed by atoms with Crippen molar-refractivity contribution in [3.63, 3.8) is 0 Å². The largest absolute Gasteiger partial charge is 0.497 e. The van der Waals surface area contributed by atoms with Crippen molar-refractivity contribution in [2.24, 2.45) is 17.3 Å². The van der Waals surface area contributed by atoms with Gasteiger partial charge in [-0.15, -0.1) is 0 Å². The van der Waals surface area contributed by atoms with Crippen molar-refractivity contribution in [1.29, 1.82) is 0 Å². The van der Waals surface area contributed by atoms with Gasteiger partial charge < -0.3 is 24.4 Å². The van der Waals surface area contributed by atoms with Crippen molar-refractivity contribution in [3.05, 3.63) is 47.7 Å². The third-order valence-corrected chi connectivity index (χ3v) is 9.30. The molecule has 43 heavy (non-hydrogen) atoms. The van der Waals surface area contributed by atoms with Gasteiger partial charge in [0.15, 0.2) is 0 Å². The van der Waals surface area contributed by atoms with E-state index in [1.54, 1.807) is 13.3 Å². The standard InChI is InChI=1S/C35H49N3O5/c1-35(2,3)23-38(27-7-5-6-8-27)34(41)29-12-11-28(42-4)20-31(29)37-17-14-24(15-18-37)22-43-32-19-26(13-16-36-32)30(21-33(39)40)25-9-10-25/h11-13,16,19-20,24-25,27,30H,5-10,14-15,17-18,21-23H2,1-4H3,(H,39,40). The second kappa shape index (κ2) is 13.6. The number of rotatable bonds is 12. The number of carbonyl (C=O) groups excluding carboxylic acids is 1. The first kappa shape index (κ1) is 31.1. The molecule has 1 aliphatic heterocycles. The van der Waals surface area contributed by atoms with E-state index in [2.05, 4.69) is 35.6 Å². The van der Waals surface area contributed by atoms with Gasteiger partial charge in [-0.25, -0.2) is 4.98 Å². The second-order valence-electron chi connectivity index (χ2n) is 14.0. The number of hydrogen-bond donors (Lipinski definition) is 1. The Kier molecular flexibility index (Phi) is 9.82. The zero-order valence-corrected chi connectivity index (χ0v) is 26.4. The lowest BCUT2D eigenvalue weighted by molar-refractivity contribution is -0.137. The highest BCUT2D eigenvalue weighted by atomic mass is 16.5. The van der Waals surface area contributed by atoms with Gasteiger partial charge in [-0.1, -0.05) is 33.6 Å². The average Bonchev–Trinajstić information content (AvgIpc) is 3.69. The number of aliphatic carboxylic acids is 1. The lowest BCUT2D eigenvalue weighted by Gasteiger charge is -2.38. The van der Waals surface area contributed by atoms with Crippen LogP contribution in [0.25, 0.3) is 0 Å². The maximum Gasteiger partial charge on any atom is 0.303 e. The van der Waals surface area contributed by atoms with E-state index in [9.17, 15) is 14.7 Å². The smallest absolute Gasteiger partial charge is 0.303 e. The number of hydrogen-bond acceptors (Lipinski definition) is 6. The average molecular weight is 592 g/mol. The van der Waals surface area contributed by atoms with Crippen LogP contribution < -0.4 is 14.4 Å². The van der Waals surface area contributed by atoms with Gasteiger partial charge in [0.1, 0.15) is 5.75 Å². The van der Waals surface area contributed by atoms with E-state index in [4.69, 9.17) is 9.47 Å². The van der Waals surface area contributed by atoms with E-state index in [0.717, 1.165) is 80.7 Å². The lowest BCUT2D eigenvalue weighted by atomic mass is 9.92. The molecule has 1 aromatic heterocycles. The molecular weight excluding hydrogens is 542 g/mol. The lowest BCUT2D eigenvalue weighted by Crippen LogP contribution is -2.44. The van der Waals surface area contributed by atoms with Crippen LogP contribution in [0.15, 0.2) is 36.5 Å². The number of aromatic nitrogens is 1. The van der Waals surface area contributed by atoms with Crippen molar-refractivity contribution in [2.75, 3.05) is 38.3 Å². The molecule has 234 valence electrons. The quantitative estimate of drug-likeness (QED) is 0.291. The molecule has 1 unspecified atom stereocenters. The van der Waals surface area contributed by atoms with Crippen LogP contribution >= 0.6 is 0 Å². The molecule has 0 spiro atoms. The predicted octanol–water partition coefficient (Wildman–Crippen LogP) is 6.78. The first-order valence-electron chi connectivity index (χ1n) is 16.2. The van der Waals surface area contributed by atoms with Crippen LogP contribution in [0, 0.1) is 17.3 Å². The Morgan fingerprint density at radius 3 is 2.40 bits per heavy atom. The molecule has 1 atom stereocenters. The molecule has 8 heteroatoms. The molecule has 8 nitrogen and oxygen atoms in total. The number of piperidine rings is 1. The SMILES string of the molecule is COc1ccc(C(=O)N(CC(C)(C)C)C2CCCC2)c(N2CCC(COc3cc(C(CC(=O)O)C4CC4)ccn3)CC2)c1. The molecule has 2 aromatic rings. The van der Waals surface area contributed by atoms with Crippen LogP contribution in [0.1, 0.15) is 100 Å². The van der Waals surface area contributed by atoms with Crippen LogP contribution in [0.3, 0.4) is 0 Å². The van der Waals surface area contributed by atoms with Gasteiger partial charge in [0, 0.05) is 44.0 Å². The monoisotopic (exact) mass is 591 g/mol. The normalized spacial score (nSPS) is 18.8. The molecule has 2 saturated carbocycles. The van der Waals surface area contributed by atoms with Gasteiger partial charge in [-0.05, 0) is 85.5 Å². The number of carbonyl (C=O) groups is 2. The highest BCUT2D eigenvalue weighted by molar-refractivity contribution is 6.00. The van der Waals surface area contributed by atoms with Crippen molar-refractivity contribution in [2.45, 2.75) is 90.5 Å². The summed E-state index contributed by atoms with van der Waals surface area (Å²) in [6.45, 7) is 9.60. The summed E-state index contributed by atoms with van der Waals surface area (Å²) < 4.78 is 11.7. The Labute approximate surface area is 256 Å². The number of methoxy groups -OCH3 is 1. The Morgan fingerprint density at radius 2 is 1.77 bits per heavy atom. The molecule has 5 rings (SSSR count). The summed E-state index contributed by atoms with van der Waals surface area (Å²) in [6.07, 6.45) is 10.5. The predicted molar refractivity (Wildman–Crippen MR) is 168 cm³/mol. The van der Waals surface area contributed by atoms with Crippen LogP contribution in [0.4, 0.5) is 5.69 Å². The van der Waals surface area contributed by atoms with Crippen LogP contribution in [-0.2, 0) is 4.79 Å². The molecule has 2 aliphatic carbocycles. The third-order valence-electron chi connectivity index (χ3n) is 9.30. The van der Waals surface area contributed by atoms with Gasteiger partial charge in [-0.3, -0.25) is 9.59 Å². The highest BCUT2D eigenvalue weighted by Gasteiger charge is 2.35. The molecule has 2 heterocycles. The first-order valence-corrected chi connectivity index (χ1v) is 16.2. The fourth-order valence-electron chi connectivity index (χ4n) is 6.85. The zero-order valence-electron chi connectivity index (χ0n) is 26.4. The van der Waals surface area contributed by atoms with Gasteiger partial charge in [-0.2, -0.15) is 0 Å². The number of amides is 1. The molecule has 3 fully saturated rings. The minimum atomic E-state index is -0.760. The molecule has 1 saturated heterocycles. The van der Waals surface area contributed by atoms with Gasteiger partial charge in [0.05, 0.1) is 31.4 Å². The van der Waals surface area contributed by atoms with Crippen LogP contribution in [-0.4, -0.2) is 66.3 Å².